The van der Waals surface area contributed by atoms with Crippen molar-refractivity contribution < 1.29 is 9.84 Å². The highest BCUT2D eigenvalue weighted by Gasteiger charge is 2.35. The molecule has 2 rings (SSSR count). The predicted octanol–water partition coefficient (Wildman–Crippen LogP) is 2.46. The Morgan fingerprint density at radius 3 is 2.84 bits per heavy atom. The molecule has 2 N–H and O–H groups in total. The number of aliphatic hydroxyl groups is 1. The summed E-state index contributed by atoms with van der Waals surface area (Å²) in [5.41, 5.74) is 2.27. The standard InChI is InChI=1S/C16H25NO2/c1-12(2)10-17-16(11-18)8-4-5-13-9-14(19-3)6-7-15(13)16/h6-7,9,12,17-18H,4-5,8,10-11H2,1-3H3. The number of methoxy groups -OCH3 is 1. The van der Waals surface area contributed by atoms with Crippen molar-refractivity contribution in [3.8, 4) is 5.75 Å². The second-order valence-corrected chi connectivity index (χ2v) is 5.89. The summed E-state index contributed by atoms with van der Waals surface area (Å²) in [7, 11) is 1.70. The van der Waals surface area contributed by atoms with Gasteiger partial charge in [0.1, 0.15) is 5.75 Å². The molecule has 3 heteroatoms. The van der Waals surface area contributed by atoms with E-state index >= 15 is 0 Å². The van der Waals surface area contributed by atoms with Gasteiger partial charge < -0.3 is 15.2 Å². The molecule has 1 unspecified atom stereocenters. The minimum absolute atomic E-state index is 0.152. The van der Waals surface area contributed by atoms with Crippen molar-refractivity contribution in [3.63, 3.8) is 0 Å². The number of hydrogen-bond donors (Lipinski definition) is 2. The molecular formula is C16H25NO2. The molecule has 0 radical (unpaired) electrons. The molecule has 0 bridgehead atoms. The Hall–Kier alpha value is -1.06. The van der Waals surface area contributed by atoms with E-state index in [1.165, 1.54) is 11.1 Å². The van der Waals surface area contributed by atoms with Gasteiger partial charge in [-0.1, -0.05) is 19.9 Å². The summed E-state index contributed by atoms with van der Waals surface area (Å²) in [5.74, 6) is 1.48. The lowest BCUT2D eigenvalue weighted by Crippen LogP contribution is -2.49. The molecule has 19 heavy (non-hydrogen) atoms. The summed E-state index contributed by atoms with van der Waals surface area (Å²) in [6, 6.07) is 6.21. The Morgan fingerprint density at radius 1 is 1.42 bits per heavy atom. The van der Waals surface area contributed by atoms with Gasteiger partial charge in [-0.05, 0) is 55.0 Å². The quantitative estimate of drug-likeness (QED) is 0.857. The zero-order valence-electron chi connectivity index (χ0n) is 12.2. The summed E-state index contributed by atoms with van der Waals surface area (Å²) in [6.07, 6.45) is 3.17. The number of fused-ring (bicyclic) bond motifs is 1. The molecule has 0 heterocycles. The van der Waals surface area contributed by atoms with Crippen LogP contribution in [0.3, 0.4) is 0 Å². The first-order valence-electron chi connectivity index (χ1n) is 7.14. The van der Waals surface area contributed by atoms with Crippen LogP contribution in [0, 0.1) is 5.92 Å². The second-order valence-electron chi connectivity index (χ2n) is 5.89. The van der Waals surface area contributed by atoms with Gasteiger partial charge >= 0.3 is 0 Å². The summed E-state index contributed by atoms with van der Waals surface area (Å²) in [5, 5.41) is 13.5. The molecule has 1 aromatic carbocycles. The lowest BCUT2D eigenvalue weighted by molar-refractivity contribution is 0.138. The van der Waals surface area contributed by atoms with Gasteiger partial charge in [-0.3, -0.25) is 0 Å². The first-order valence-corrected chi connectivity index (χ1v) is 7.14. The van der Waals surface area contributed by atoms with Crippen molar-refractivity contribution in [1.82, 2.24) is 5.32 Å². The number of ether oxygens (including phenoxy) is 1. The third-order valence-electron chi connectivity index (χ3n) is 4.00. The lowest BCUT2D eigenvalue weighted by Gasteiger charge is -2.39. The summed E-state index contributed by atoms with van der Waals surface area (Å²) < 4.78 is 5.30. The number of aryl methyl sites for hydroxylation is 1. The topological polar surface area (TPSA) is 41.5 Å². The van der Waals surface area contributed by atoms with Crippen LogP contribution in [0.25, 0.3) is 0 Å². The Kier molecular flexibility index (Phi) is 4.48. The van der Waals surface area contributed by atoms with Crippen molar-refractivity contribution in [2.45, 2.75) is 38.6 Å². The van der Waals surface area contributed by atoms with E-state index in [2.05, 4.69) is 31.3 Å². The molecular weight excluding hydrogens is 238 g/mol. The van der Waals surface area contributed by atoms with E-state index in [1.807, 2.05) is 6.07 Å². The summed E-state index contributed by atoms with van der Waals surface area (Å²) >= 11 is 0. The van der Waals surface area contributed by atoms with Gasteiger partial charge in [0.15, 0.2) is 0 Å². The van der Waals surface area contributed by atoms with E-state index in [9.17, 15) is 5.11 Å². The number of nitrogens with one attached hydrogen (secondary N) is 1. The van der Waals surface area contributed by atoms with Crippen LogP contribution < -0.4 is 10.1 Å². The zero-order valence-corrected chi connectivity index (χ0v) is 12.2. The Morgan fingerprint density at radius 2 is 2.21 bits per heavy atom. The van der Waals surface area contributed by atoms with Gasteiger partial charge in [0.05, 0.1) is 19.3 Å². The van der Waals surface area contributed by atoms with Crippen LogP contribution in [0.1, 0.15) is 37.8 Å². The molecule has 106 valence electrons. The normalized spacial score (nSPS) is 22.4. The summed E-state index contributed by atoms with van der Waals surface area (Å²) in [6.45, 7) is 5.46. The van der Waals surface area contributed by atoms with Crippen molar-refractivity contribution >= 4 is 0 Å². The van der Waals surface area contributed by atoms with Crippen molar-refractivity contribution in [1.29, 1.82) is 0 Å². The minimum atomic E-state index is -0.274. The molecule has 0 saturated heterocycles. The second kappa shape index (κ2) is 5.93. The van der Waals surface area contributed by atoms with Crippen LogP contribution in [-0.4, -0.2) is 25.4 Å². The van der Waals surface area contributed by atoms with E-state index in [4.69, 9.17) is 4.74 Å². The van der Waals surface area contributed by atoms with Gasteiger partial charge in [0, 0.05) is 0 Å². The highest BCUT2D eigenvalue weighted by molar-refractivity contribution is 5.42. The maximum Gasteiger partial charge on any atom is 0.119 e. The van der Waals surface area contributed by atoms with Crippen LogP contribution in [0.5, 0.6) is 5.75 Å². The van der Waals surface area contributed by atoms with Crippen molar-refractivity contribution in [2.24, 2.45) is 5.92 Å². The molecule has 0 spiro atoms. The number of aliphatic hydroxyl groups excluding tert-OH is 1. The highest BCUT2D eigenvalue weighted by atomic mass is 16.5. The average Bonchev–Trinajstić information content (AvgIpc) is 2.44. The van der Waals surface area contributed by atoms with Crippen LogP contribution in [-0.2, 0) is 12.0 Å². The van der Waals surface area contributed by atoms with Gasteiger partial charge in [0.25, 0.3) is 0 Å². The Balaban J connectivity index is 2.32. The highest BCUT2D eigenvalue weighted by Crippen LogP contribution is 2.36. The molecule has 0 saturated carbocycles. The van der Waals surface area contributed by atoms with Crippen LogP contribution in [0.2, 0.25) is 0 Å². The number of rotatable bonds is 5. The SMILES string of the molecule is COc1ccc2c(c1)CCCC2(CO)NCC(C)C. The van der Waals surface area contributed by atoms with Gasteiger partial charge in [0.2, 0.25) is 0 Å². The molecule has 1 aliphatic rings. The summed E-state index contributed by atoms with van der Waals surface area (Å²) in [4.78, 5) is 0. The van der Waals surface area contributed by atoms with E-state index in [0.717, 1.165) is 31.6 Å². The predicted molar refractivity (Wildman–Crippen MR) is 77.5 cm³/mol. The van der Waals surface area contributed by atoms with E-state index < -0.39 is 0 Å². The fourth-order valence-corrected chi connectivity index (χ4v) is 2.89. The largest absolute Gasteiger partial charge is 0.497 e. The molecule has 3 nitrogen and oxygen atoms in total. The van der Waals surface area contributed by atoms with Gasteiger partial charge in [-0.25, -0.2) is 0 Å². The van der Waals surface area contributed by atoms with E-state index in [-0.39, 0.29) is 12.1 Å². The Bertz CT molecular complexity index is 431. The van der Waals surface area contributed by atoms with Crippen LogP contribution in [0.15, 0.2) is 18.2 Å². The van der Waals surface area contributed by atoms with Crippen LogP contribution >= 0.6 is 0 Å². The number of hydrogen-bond acceptors (Lipinski definition) is 3. The smallest absolute Gasteiger partial charge is 0.119 e. The monoisotopic (exact) mass is 263 g/mol. The maximum absolute atomic E-state index is 9.93. The van der Waals surface area contributed by atoms with E-state index in [0.29, 0.717) is 5.92 Å². The van der Waals surface area contributed by atoms with Crippen molar-refractivity contribution in [3.05, 3.63) is 29.3 Å². The first-order chi connectivity index (χ1) is 9.11. The average molecular weight is 263 g/mol. The van der Waals surface area contributed by atoms with E-state index in [1.54, 1.807) is 7.11 Å². The van der Waals surface area contributed by atoms with Crippen LogP contribution in [0.4, 0.5) is 0 Å². The fraction of sp³-hybridized carbons (Fsp3) is 0.625. The number of benzene rings is 1. The van der Waals surface area contributed by atoms with Gasteiger partial charge in [-0.15, -0.1) is 0 Å². The molecule has 1 aliphatic carbocycles. The third-order valence-corrected chi connectivity index (χ3v) is 4.00. The molecule has 0 fully saturated rings. The fourth-order valence-electron chi connectivity index (χ4n) is 2.89. The molecule has 0 aromatic heterocycles. The molecule has 1 aromatic rings. The zero-order chi connectivity index (χ0) is 13.9. The first kappa shape index (κ1) is 14.4. The molecule has 1 atom stereocenters. The lowest BCUT2D eigenvalue weighted by atomic mass is 9.76. The third kappa shape index (κ3) is 2.93. The van der Waals surface area contributed by atoms with Gasteiger partial charge in [-0.2, -0.15) is 0 Å². The Labute approximate surface area is 116 Å². The maximum atomic E-state index is 9.93. The minimum Gasteiger partial charge on any atom is -0.497 e. The molecule has 0 aliphatic heterocycles. The molecule has 0 amide bonds. The van der Waals surface area contributed by atoms with Crippen molar-refractivity contribution in [2.75, 3.05) is 20.3 Å².